The van der Waals surface area contributed by atoms with Crippen molar-refractivity contribution in [1.82, 2.24) is 0 Å². The van der Waals surface area contributed by atoms with E-state index >= 15 is 0 Å². The van der Waals surface area contributed by atoms with Gasteiger partial charge in [-0.05, 0) is 30.4 Å². The predicted octanol–water partition coefficient (Wildman–Crippen LogP) is 1.80. The van der Waals surface area contributed by atoms with Crippen molar-refractivity contribution in [3.63, 3.8) is 0 Å². The number of anilines is 1. The molecule has 1 amide bonds. The number of para-hydroxylation sites is 2. The first-order valence-electron chi connectivity index (χ1n) is 7.05. The van der Waals surface area contributed by atoms with Crippen LogP contribution in [-0.2, 0) is 4.79 Å². The molecule has 1 heterocycles. The van der Waals surface area contributed by atoms with Gasteiger partial charge in [-0.3, -0.25) is 9.69 Å². The fourth-order valence-electron chi connectivity index (χ4n) is 4.17. The lowest BCUT2D eigenvalue weighted by Crippen LogP contribution is -2.37. The van der Waals surface area contributed by atoms with Gasteiger partial charge in [-0.2, -0.15) is 0 Å². The number of rotatable bonds is 2. The largest absolute Gasteiger partial charge is 0.495 e. The summed E-state index contributed by atoms with van der Waals surface area (Å²) in [6, 6.07) is 7.37. The normalized spacial score (nSPS) is 37.6. The summed E-state index contributed by atoms with van der Waals surface area (Å²) in [5.74, 6) is 1.26. The SMILES string of the molecule is COc1ccccc1N1C(=O)C2C3C=CC(C3)C2C1O. The van der Waals surface area contributed by atoms with Crippen molar-refractivity contribution in [2.75, 3.05) is 12.0 Å². The van der Waals surface area contributed by atoms with Crippen molar-refractivity contribution in [3.8, 4) is 5.75 Å². The summed E-state index contributed by atoms with van der Waals surface area (Å²) in [4.78, 5) is 14.3. The smallest absolute Gasteiger partial charge is 0.233 e. The summed E-state index contributed by atoms with van der Waals surface area (Å²) in [6.45, 7) is 0. The standard InChI is InChI=1S/C16H17NO3/c1-20-12-5-3-2-4-11(12)17-15(18)13-9-6-7-10(8-9)14(13)16(17)19/h2-7,9-10,13-15,18H,8H2,1H3. The molecule has 5 atom stereocenters. The van der Waals surface area contributed by atoms with Crippen LogP contribution in [0.4, 0.5) is 5.69 Å². The number of hydrogen-bond donors (Lipinski definition) is 1. The number of ether oxygens (including phenoxy) is 1. The van der Waals surface area contributed by atoms with Crippen LogP contribution in [0.1, 0.15) is 6.42 Å². The molecule has 0 radical (unpaired) electrons. The molecule has 104 valence electrons. The molecule has 1 saturated carbocycles. The molecule has 1 aromatic carbocycles. The molecule has 0 aromatic heterocycles. The van der Waals surface area contributed by atoms with Gasteiger partial charge >= 0.3 is 0 Å². The summed E-state index contributed by atoms with van der Waals surface area (Å²) >= 11 is 0. The average molecular weight is 271 g/mol. The van der Waals surface area contributed by atoms with Gasteiger partial charge in [0, 0.05) is 5.92 Å². The topological polar surface area (TPSA) is 49.8 Å². The number of allylic oxidation sites excluding steroid dienone is 2. The second kappa shape index (κ2) is 4.09. The lowest BCUT2D eigenvalue weighted by Gasteiger charge is -2.26. The summed E-state index contributed by atoms with van der Waals surface area (Å²) < 4.78 is 5.33. The van der Waals surface area contributed by atoms with Gasteiger partial charge in [0.2, 0.25) is 5.91 Å². The molecule has 1 aromatic rings. The van der Waals surface area contributed by atoms with E-state index in [1.165, 1.54) is 4.90 Å². The number of carbonyl (C=O) groups is 1. The molecular formula is C16H17NO3. The highest BCUT2D eigenvalue weighted by Crippen LogP contribution is 2.55. The third-order valence-corrected chi connectivity index (χ3v) is 5.00. The van der Waals surface area contributed by atoms with Crippen molar-refractivity contribution in [2.24, 2.45) is 23.7 Å². The lowest BCUT2D eigenvalue weighted by atomic mass is 9.85. The molecule has 1 aliphatic heterocycles. The van der Waals surface area contributed by atoms with E-state index in [1.807, 2.05) is 24.3 Å². The maximum absolute atomic E-state index is 12.7. The van der Waals surface area contributed by atoms with Crippen LogP contribution in [0.5, 0.6) is 5.75 Å². The van der Waals surface area contributed by atoms with Crippen molar-refractivity contribution >= 4 is 11.6 Å². The van der Waals surface area contributed by atoms with Crippen molar-refractivity contribution in [3.05, 3.63) is 36.4 Å². The van der Waals surface area contributed by atoms with E-state index in [4.69, 9.17) is 4.74 Å². The Morgan fingerprint density at radius 1 is 1.25 bits per heavy atom. The second-order valence-corrected chi connectivity index (χ2v) is 5.85. The minimum Gasteiger partial charge on any atom is -0.495 e. The molecule has 2 aliphatic carbocycles. The highest BCUT2D eigenvalue weighted by molar-refractivity contribution is 6.00. The number of aliphatic hydroxyl groups excluding tert-OH is 1. The van der Waals surface area contributed by atoms with E-state index in [1.54, 1.807) is 7.11 Å². The zero-order valence-electron chi connectivity index (χ0n) is 11.3. The van der Waals surface area contributed by atoms with Crippen LogP contribution < -0.4 is 9.64 Å². The van der Waals surface area contributed by atoms with E-state index in [0.29, 0.717) is 23.3 Å². The first kappa shape index (κ1) is 12.0. The third kappa shape index (κ3) is 1.37. The monoisotopic (exact) mass is 271 g/mol. The fraction of sp³-hybridized carbons (Fsp3) is 0.438. The minimum atomic E-state index is -0.747. The summed E-state index contributed by atoms with van der Waals surface area (Å²) in [7, 11) is 1.58. The van der Waals surface area contributed by atoms with Crippen LogP contribution in [0.25, 0.3) is 0 Å². The van der Waals surface area contributed by atoms with Gasteiger partial charge in [-0.15, -0.1) is 0 Å². The van der Waals surface area contributed by atoms with Gasteiger partial charge in [-0.1, -0.05) is 24.3 Å². The third-order valence-electron chi connectivity index (χ3n) is 5.00. The molecule has 3 aliphatic rings. The van der Waals surface area contributed by atoms with Gasteiger partial charge in [0.05, 0.1) is 18.7 Å². The molecule has 20 heavy (non-hydrogen) atoms. The average Bonchev–Trinajstić information content (AvgIpc) is 3.13. The number of benzene rings is 1. The molecule has 2 fully saturated rings. The minimum absolute atomic E-state index is 0.0300. The lowest BCUT2D eigenvalue weighted by molar-refractivity contribution is -0.121. The van der Waals surface area contributed by atoms with Crippen LogP contribution in [0, 0.1) is 23.7 Å². The Balaban J connectivity index is 1.76. The number of hydrogen-bond acceptors (Lipinski definition) is 3. The Kier molecular flexibility index (Phi) is 2.45. The highest BCUT2D eigenvalue weighted by Gasteiger charge is 2.59. The number of aliphatic hydroxyl groups is 1. The first-order valence-corrected chi connectivity index (χ1v) is 7.05. The van der Waals surface area contributed by atoms with Gasteiger partial charge < -0.3 is 9.84 Å². The van der Waals surface area contributed by atoms with Crippen molar-refractivity contribution in [2.45, 2.75) is 12.6 Å². The maximum atomic E-state index is 12.7. The van der Waals surface area contributed by atoms with Gasteiger partial charge in [0.15, 0.2) is 0 Å². The van der Waals surface area contributed by atoms with E-state index in [0.717, 1.165) is 6.42 Å². The van der Waals surface area contributed by atoms with Crippen molar-refractivity contribution < 1.29 is 14.6 Å². The van der Waals surface area contributed by atoms with Crippen molar-refractivity contribution in [1.29, 1.82) is 0 Å². The van der Waals surface area contributed by atoms with E-state index < -0.39 is 6.23 Å². The Morgan fingerprint density at radius 2 is 2.00 bits per heavy atom. The molecule has 4 heteroatoms. The quantitative estimate of drug-likeness (QED) is 0.834. The van der Waals surface area contributed by atoms with E-state index in [2.05, 4.69) is 12.2 Å². The molecular weight excluding hydrogens is 254 g/mol. The van der Waals surface area contributed by atoms with E-state index in [-0.39, 0.29) is 17.7 Å². The van der Waals surface area contributed by atoms with Crippen LogP contribution in [0.2, 0.25) is 0 Å². The summed E-state index contributed by atoms with van der Waals surface area (Å²) in [5.41, 5.74) is 0.668. The Labute approximate surface area is 117 Å². The zero-order chi connectivity index (χ0) is 13.9. The molecule has 1 N–H and O–H groups in total. The molecule has 2 bridgehead atoms. The van der Waals surface area contributed by atoms with E-state index in [9.17, 15) is 9.90 Å². The second-order valence-electron chi connectivity index (χ2n) is 5.85. The Bertz CT molecular complexity index is 597. The van der Waals surface area contributed by atoms with Crippen LogP contribution in [0.3, 0.4) is 0 Å². The molecule has 4 nitrogen and oxygen atoms in total. The molecule has 1 saturated heterocycles. The first-order chi connectivity index (χ1) is 9.72. The number of fused-ring (bicyclic) bond motifs is 5. The summed E-state index contributed by atoms with van der Waals surface area (Å²) in [5, 5.41) is 10.6. The maximum Gasteiger partial charge on any atom is 0.233 e. The number of nitrogens with zero attached hydrogens (tertiary/aromatic N) is 1. The number of carbonyl (C=O) groups excluding carboxylic acids is 1. The number of methoxy groups -OCH3 is 1. The predicted molar refractivity (Wildman–Crippen MR) is 74.2 cm³/mol. The Hall–Kier alpha value is -1.81. The molecule has 5 unspecified atom stereocenters. The zero-order valence-corrected chi connectivity index (χ0v) is 11.3. The van der Waals surface area contributed by atoms with Crippen LogP contribution >= 0.6 is 0 Å². The van der Waals surface area contributed by atoms with Crippen LogP contribution in [0.15, 0.2) is 36.4 Å². The van der Waals surface area contributed by atoms with Gasteiger partial charge in [0.25, 0.3) is 0 Å². The van der Waals surface area contributed by atoms with Gasteiger partial charge in [-0.25, -0.2) is 0 Å². The van der Waals surface area contributed by atoms with Gasteiger partial charge in [0.1, 0.15) is 12.0 Å². The fourth-order valence-corrected chi connectivity index (χ4v) is 4.17. The number of amides is 1. The highest BCUT2D eigenvalue weighted by atomic mass is 16.5. The molecule has 0 spiro atoms. The summed E-state index contributed by atoms with van der Waals surface area (Å²) in [6.07, 6.45) is 4.57. The Morgan fingerprint density at radius 3 is 2.75 bits per heavy atom. The van der Waals surface area contributed by atoms with Crippen LogP contribution in [-0.4, -0.2) is 24.4 Å². The molecule has 4 rings (SSSR count).